The molecular formula is C31H33F3N6O2. The zero-order chi connectivity index (χ0) is 29.4. The Bertz CT molecular complexity index is 1580. The number of amides is 2. The van der Waals surface area contributed by atoms with Crippen LogP contribution in [0.1, 0.15) is 65.0 Å². The van der Waals surface area contributed by atoms with E-state index in [1.807, 2.05) is 34.9 Å². The lowest BCUT2D eigenvalue weighted by Crippen LogP contribution is -2.52. The molecule has 0 radical (unpaired) electrons. The molecule has 220 valence electrons. The normalized spacial score (nSPS) is 18.4. The topological polar surface area (TPSA) is 83.2 Å². The number of aryl methyl sites for hydroxylation is 1. The maximum atomic E-state index is 13.5. The number of hydrogen-bond acceptors (Lipinski definition) is 5. The molecule has 0 spiro atoms. The van der Waals surface area contributed by atoms with Crippen molar-refractivity contribution in [2.75, 3.05) is 32.7 Å². The van der Waals surface area contributed by atoms with E-state index in [2.05, 4.69) is 15.0 Å². The van der Waals surface area contributed by atoms with Gasteiger partial charge < -0.3 is 9.80 Å². The third kappa shape index (κ3) is 5.44. The number of carbonyl (C=O) groups excluding carboxylic acids is 2. The number of imidazole rings is 1. The van der Waals surface area contributed by atoms with Gasteiger partial charge in [-0.05, 0) is 37.0 Å². The molecule has 3 aromatic rings. The fourth-order valence-electron chi connectivity index (χ4n) is 6.35. The molecule has 2 amide bonds. The Kier molecular flexibility index (Phi) is 7.59. The van der Waals surface area contributed by atoms with Crippen LogP contribution in [0.5, 0.6) is 0 Å². The summed E-state index contributed by atoms with van der Waals surface area (Å²) in [6.45, 7) is 4.04. The molecule has 11 heteroatoms. The molecular weight excluding hydrogens is 545 g/mol. The summed E-state index contributed by atoms with van der Waals surface area (Å²) < 4.78 is 42.1. The lowest BCUT2D eigenvalue weighted by molar-refractivity contribution is -0.138. The average Bonchev–Trinajstić information content (AvgIpc) is 3.65. The van der Waals surface area contributed by atoms with Crippen LogP contribution >= 0.6 is 0 Å². The van der Waals surface area contributed by atoms with Gasteiger partial charge in [0, 0.05) is 62.0 Å². The number of rotatable bonds is 5. The highest BCUT2D eigenvalue weighted by molar-refractivity contribution is 6.27. The van der Waals surface area contributed by atoms with Crippen LogP contribution in [0, 0.1) is 12.8 Å². The van der Waals surface area contributed by atoms with Gasteiger partial charge in [-0.1, -0.05) is 37.5 Å². The van der Waals surface area contributed by atoms with Gasteiger partial charge in [-0.2, -0.15) is 13.2 Å². The average molecular weight is 579 g/mol. The SMILES string of the molecule is Cc1cc(Cc2nccn3c(C4=CCN=C4C(F)(F)F)cnc23)ccc1C(=O)N1CCN(C(=O)C2CCCCC2)CC1. The van der Waals surface area contributed by atoms with Crippen LogP contribution in [-0.2, 0) is 11.2 Å². The van der Waals surface area contributed by atoms with E-state index in [1.165, 1.54) is 18.7 Å². The molecule has 2 aromatic heterocycles. The third-order valence-corrected chi connectivity index (χ3v) is 8.57. The highest BCUT2D eigenvalue weighted by Gasteiger charge is 2.40. The molecule has 8 nitrogen and oxygen atoms in total. The van der Waals surface area contributed by atoms with Crippen molar-refractivity contribution in [3.63, 3.8) is 0 Å². The maximum absolute atomic E-state index is 13.5. The molecule has 6 rings (SSSR count). The van der Waals surface area contributed by atoms with Crippen LogP contribution in [-0.4, -0.2) is 80.6 Å². The first kappa shape index (κ1) is 28.1. The van der Waals surface area contributed by atoms with E-state index in [1.54, 1.807) is 16.8 Å². The molecule has 4 heterocycles. The Labute approximate surface area is 242 Å². The van der Waals surface area contributed by atoms with E-state index in [0.29, 0.717) is 55.2 Å². The predicted octanol–water partition coefficient (Wildman–Crippen LogP) is 4.89. The van der Waals surface area contributed by atoms with Crippen LogP contribution in [0.4, 0.5) is 13.2 Å². The molecule has 3 aliphatic rings. The number of aliphatic imine (C=N–C) groups is 1. The number of carbonyl (C=O) groups is 2. The molecule has 0 atom stereocenters. The van der Waals surface area contributed by atoms with Crippen molar-refractivity contribution in [1.29, 1.82) is 0 Å². The molecule has 0 N–H and O–H groups in total. The minimum absolute atomic E-state index is 0.0186. The van der Waals surface area contributed by atoms with Gasteiger partial charge in [0.2, 0.25) is 5.91 Å². The molecule has 1 saturated heterocycles. The highest BCUT2D eigenvalue weighted by Crippen LogP contribution is 2.32. The van der Waals surface area contributed by atoms with E-state index in [4.69, 9.17) is 0 Å². The number of allylic oxidation sites excluding steroid dienone is 1. The van der Waals surface area contributed by atoms with Gasteiger partial charge in [0.1, 0.15) is 5.71 Å². The standard InChI is InChI=1S/C31H33F3N6O2/c1-20-17-21(7-8-23(20)30(42)39-15-13-38(14-16-39)29(41)22-5-3-2-4-6-22)18-25-28-37-19-26(40(28)12-11-35-25)24-9-10-36-27(24)31(32,33)34/h7-9,11-12,17,19,22H,2-6,10,13-16,18H2,1H3. The summed E-state index contributed by atoms with van der Waals surface area (Å²) in [5.74, 6) is 0.328. The fourth-order valence-corrected chi connectivity index (χ4v) is 6.35. The first-order valence-electron chi connectivity index (χ1n) is 14.5. The number of fused-ring (bicyclic) bond motifs is 1. The van der Waals surface area contributed by atoms with Crippen LogP contribution < -0.4 is 0 Å². The lowest BCUT2D eigenvalue weighted by Gasteiger charge is -2.37. The summed E-state index contributed by atoms with van der Waals surface area (Å²) >= 11 is 0. The summed E-state index contributed by atoms with van der Waals surface area (Å²) in [7, 11) is 0. The summed E-state index contributed by atoms with van der Waals surface area (Å²) in [5, 5.41) is 0. The van der Waals surface area contributed by atoms with Crippen molar-refractivity contribution < 1.29 is 22.8 Å². The first-order valence-corrected chi connectivity index (χ1v) is 14.5. The van der Waals surface area contributed by atoms with Gasteiger partial charge in [0.15, 0.2) is 5.65 Å². The Hall–Kier alpha value is -4.02. The van der Waals surface area contributed by atoms with E-state index < -0.39 is 11.9 Å². The number of hydrogen-bond donors (Lipinski definition) is 0. The molecule has 2 fully saturated rings. The summed E-state index contributed by atoms with van der Waals surface area (Å²) in [6, 6.07) is 5.64. The smallest absolute Gasteiger partial charge is 0.339 e. The number of halogens is 3. The Morgan fingerprint density at radius 3 is 2.45 bits per heavy atom. The van der Waals surface area contributed by atoms with Crippen molar-refractivity contribution in [2.24, 2.45) is 10.9 Å². The van der Waals surface area contributed by atoms with Gasteiger partial charge in [-0.3, -0.25) is 24.0 Å². The number of nitrogens with zero attached hydrogens (tertiary/aromatic N) is 6. The van der Waals surface area contributed by atoms with Gasteiger partial charge in [0.25, 0.3) is 5.91 Å². The second kappa shape index (κ2) is 11.3. The largest absolute Gasteiger partial charge is 0.433 e. The van der Waals surface area contributed by atoms with Crippen molar-refractivity contribution in [3.05, 3.63) is 70.9 Å². The van der Waals surface area contributed by atoms with Gasteiger partial charge in [-0.25, -0.2) is 4.98 Å². The highest BCUT2D eigenvalue weighted by atomic mass is 19.4. The second-order valence-corrected chi connectivity index (χ2v) is 11.3. The van der Waals surface area contributed by atoms with E-state index in [9.17, 15) is 22.8 Å². The molecule has 1 aliphatic carbocycles. The lowest BCUT2D eigenvalue weighted by atomic mass is 9.88. The maximum Gasteiger partial charge on any atom is 0.433 e. The Morgan fingerprint density at radius 1 is 1.00 bits per heavy atom. The number of piperazine rings is 1. The summed E-state index contributed by atoms with van der Waals surface area (Å²) in [4.78, 5) is 42.5. The first-order chi connectivity index (χ1) is 20.2. The summed E-state index contributed by atoms with van der Waals surface area (Å²) in [6.07, 6.45) is 7.29. The zero-order valence-corrected chi connectivity index (χ0v) is 23.5. The van der Waals surface area contributed by atoms with Gasteiger partial charge in [0.05, 0.1) is 24.1 Å². The van der Waals surface area contributed by atoms with Crippen LogP contribution in [0.2, 0.25) is 0 Å². The van der Waals surface area contributed by atoms with Crippen molar-refractivity contribution in [1.82, 2.24) is 24.2 Å². The van der Waals surface area contributed by atoms with E-state index in [-0.39, 0.29) is 29.9 Å². The number of benzene rings is 1. The zero-order valence-electron chi connectivity index (χ0n) is 23.5. The molecule has 0 bridgehead atoms. The van der Waals surface area contributed by atoms with Gasteiger partial charge >= 0.3 is 6.18 Å². The Balaban J connectivity index is 1.13. The molecule has 42 heavy (non-hydrogen) atoms. The second-order valence-electron chi connectivity index (χ2n) is 11.3. The number of aromatic nitrogens is 3. The Morgan fingerprint density at radius 2 is 1.74 bits per heavy atom. The van der Waals surface area contributed by atoms with E-state index >= 15 is 0 Å². The minimum Gasteiger partial charge on any atom is -0.339 e. The monoisotopic (exact) mass is 578 g/mol. The van der Waals surface area contributed by atoms with E-state index in [0.717, 1.165) is 36.8 Å². The van der Waals surface area contributed by atoms with Crippen LogP contribution in [0.15, 0.2) is 47.9 Å². The van der Waals surface area contributed by atoms with Crippen molar-refractivity contribution >= 4 is 28.7 Å². The third-order valence-electron chi connectivity index (χ3n) is 8.57. The van der Waals surface area contributed by atoms with Gasteiger partial charge in [-0.15, -0.1) is 0 Å². The van der Waals surface area contributed by atoms with Crippen molar-refractivity contribution in [3.8, 4) is 0 Å². The fraction of sp³-hybridized carbons (Fsp3) is 0.452. The predicted molar refractivity (Wildman–Crippen MR) is 152 cm³/mol. The molecule has 1 saturated carbocycles. The van der Waals surface area contributed by atoms with Crippen molar-refractivity contribution in [2.45, 2.75) is 51.6 Å². The molecule has 0 unspecified atom stereocenters. The summed E-state index contributed by atoms with van der Waals surface area (Å²) in [5.41, 5.74) is 2.89. The number of alkyl halides is 3. The quantitative estimate of drug-likeness (QED) is 0.432. The van der Waals surface area contributed by atoms with Crippen LogP contribution in [0.25, 0.3) is 11.2 Å². The molecule has 1 aromatic carbocycles. The van der Waals surface area contributed by atoms with Crippen LogP contribution in [0.3, 0.4) is 0 Å². The minimum atomic E-state index is -4.54. The molecule has 2 aliphatic heterocycles.